The van der Waals surface area contributed by atoms with Crippen LogP contribution in [0.1, 0.15) is 40.0 Å². The zero-order valence-electron chi connectivity index (χ0n) is 8.93. The van der Waals surface area contributed by atoms with Crippen LogP contribution in [0.3, 0.4) is 0 Å². The van der Waals surface area contributed by atoms with E-state index in [4.69, 9.17) is 4.74 Å². The smallest absolute Gasteiger partial charge is 0.133 e. The second-order valence-corrected chi connectivity index (χ2v) is 4.59. The van der Waals surface area contributed by atoms with Crippen molar-refractivity contribution in [3.8, 4) is 0 Å². The number of rotatable bonds is 3. The molecule has 0 radical (unpaired) electrons. The average molecular weight is 184 g/mol. The highest BCUT2D eigenvalue weighted by Gasteiger charge is 2.35. The SMILES string of the molecule is CCOCC1CC(=O)CCC1(C)C. The average Bonchev–Trinajstić information content (AvgIpc) is 2.07. The zero-order chi connectivity index (χ0) is 9.90. The van der Waals surface area contributed by atoms with Crippen molar-refractivity contribution < 1.29 is 9.53 Å². The second kappa shape index (κ2) is 4.23. The molecule has 0 saturated heterocycles. The Kier molecular flexibility index (Phi) is 3.48. The molecule has 0 heterocycles. The van der Waals surface area contributed by atoms with Crippen molar-refractivity contribution in [3.05, 3.63) is 0 Å². The fourth-order valence-corrected chi connectivity index (χ4v) is 1.86. The molecule has 1 unspecified atom stereocenters. The van der Waals surface area contributed by atoms with Crippen LogP contribution in [0.5, 0.6) is 0 Å². The third kappa shape index (κ3) is 2.80. The number of ketones is 1. The molecule has 0 spiro atoms. The Hall–Kier alpha value is -0.370. The number of ether oxygens (including phenoxy) is 1. The normalized spacial score (nSPS) is 27.6. The summed E-state index contributed by atoms with van der Waals surface area (Å²) in [4.78, 5) is 11.3. The second-order valence-electron chi connectivity index (χ2n) is 4.59. The molecular formula is C11H20O2. The number of Topliss-reactive ketones (excluding diaryl/α,β-unsaturated/α-hetero) is 1. The molecule has 2 nitrogen and oxygen atoms in total. The molecule has 1 aliphatic rings. The van der Waals surface area contributed by atoms with E-state index in [1.807, 2.05) is 6.92 Å². The largest absolute Gasteiger partial charge is 0.381 e. The molecule has 0 amide bonds. The van der Waals surface area contributed by atoms with Gasteiger partial charge < -0.3 is 4.74 Å². The Labute approximate surface area is 80.7 Å². The highest BCUT2D eigenvalue weighted by Crippen LogP contribution is 2.39. The third-order valence-electron chi connectivity index (χ3n) is 3.15. The maximum absolute atomic E-state index is 11.3. The highest BCUT2D eigenvalue weighted by molar-refractivity contribution is 5.79. The van der Waals surface area contributed by atoms with E-state index >= 15 is 0 Å². The van der Waals surface area contributed by atoms with E-state index in [0.29, 0.717) is 18.1 Å². The van der Waals surface area contributed by atoms with Crippen molar-refractivity contribution in [3.63, 3.8) is 0 Å². The first-order valence-corrected chi connectivity index (χ1v) is 5.15. The Morgan fingerprint density at radius 3 is 2.85 bits per heavy atom. The maximum atomic E-state index is 11.3. The fourth-order valence-electron chi connectivity index (χ4n) is 1.86. The lowest BCUT2D eigenvalue weighted by atomic mass is 9.69. The summed E-state index contributed by atoms with van der Waals surface area (Å²) in [6, 6.07) is 0. The van der Waals surface area contributed by atoms with Crippen LogP contribution >= 0.6 is 0 Å². The lowest BCUT2D eigenvalue weighted by molar-refractivity contribution is -0.125. The van der Waals surface area contributed by atoms with Gasteiger partial charge in [-0.15, -0.1) is 0 Å². The lowest BCUT2D eigenvalue weighted by Crippen LogP contribution is -2.35. The quantitative estimate of drug-likeness (QED) is 0.673. The van der Waals surface area contributed by atoms with Crippen LogP contribution in [-0.2, 0) is 9.53 Å². The topological polar surface area (TPSA) is 26.3 Å². The van der Waals surface area contributed by atoms with E-state index in [9.17, 15) is 4.79 Å². The molecule has 1 saturated carbocycles. The predicted octanol–water partition coefficient (Wildman–Crippen LogP) is 2.42. The minimum absolute atomic E-state index is 0.281. The standard InChI is InChI=1S/C11H20O2/c1-4-13-8-9-7-10(12)5-6-11(9,2)3/h9H,4-8H2,1-3H3. The van der Waals surface area contributed by atoms with Gasteiger partial charge in [0.15, 0.2) is 0 Å². The molecule has 0 bridgehead atoms. The first-order chi connectivity index (χ1) is 6.06. The van der Waals surface area contributed by atoms with Gasteiger partial charge in [0.25, 0.3) is 0 Å². The molecule has 1 rings (SSSR count). The van der Waals surface area contributed by atoms with Gasteiger partial charge in [-0.1, -0.05) is 13.8 Å². The lowest BCUT2D eigenvalue weighted by Gasteiger charge is -2.37. The van der Waals surface area contributed by atoms with Gasteiger partial charge in [-0.2, -0.15) is 0 Å². The van der Waals surface area contributed by atoms with Gasteiger partial charge in [0.1, 0.15) is 5.78 Å². The summed E-state index contributed by atoms with van der Waals surface area (Å²) >= 11 is 0. The molecule has 13 heavy (non-hydrogen) atoms. The zero-order valence-corrected chi connectivity index (χ0v) is 8.93. The van der Waals surface area contributed by atoms with Crippen LogP contribution in [0.4, 0.5) is 0 Å². The first-order valence-electron chi connectivity index (χ1n) is 5.15. The van der Waals surface area contributed by atoms with Crippen molar-refractivity contribution in [2.45, 2.75) is 40.0 Å². The van der Waals surface area contributed by atoms with E-state index in [1.165, 1.54) is 0 Å². The van der Waals surface area contributed by atoms with Crippen molar-refractivity contribution >= 4 is 5.78 Å². The Balaban J connectivity index is 2.50. The Morgan fingerprint density at radius 1 is 1.54 bits per heavy atom. The van der Waals surface area contributed by atoms with Crippen LogP contribution in [0.15, 0.2) is 0 Å². The summed E-state index contributed by atoms with van der Waals surface area (Å²) in [7, 11) is 0. The van der Waals surface area contributed by atoms with Gasteiger partial charge >= 0.3 is 0 Å². The van der Waals surface area contributed by atoms with Crippen molar-refractivity contribution in [2.24, 2.45) is 11.3 Å². The molecule has 0 aromatic rings. The highest BCUT2D eigenvalue weighted by atomic mass is 16.5. The number of carbonyl (C=O) groups is 1. The van der Waals surface area contributed by atoms with Crippen LogP contribution < -0.4 is 0 Å². The van der Waals surface area contributed by atoms with Crippen LogP contribution in [-0.4, -0.2) is 19.0 Å². The van der Waals surface area contributed by atoms with Crippen LogP contribution in [0.2, 0.25) is 0 Å². The van der Waals surface area contributed by atoms with E-state index < -0.39 is 0 Å². The molecule has 1 fully saturated rings. The summed E-state index contributed by atoms with van der Waals surface area (Å²) in [6.45, 7) is 7.97. The fraction of sp³-hybridized carbons (Fsp3) is 0.909. The van der Waals surface area contributed by atoms with Gasteiger partial charge in [0.2, 0.25) is 0 Å². The van der Waals surface area contributed by atoms with Gasteiger partial charge in [-0.25, -0.2) is 0 Å². The van der Waals surface area contributed by atoms with Gasteiger partial charge in [-0.3, -0.25) is 4.79 Å². The summed E-state index contributed by atoms with van der Waals surface area (Å²) in [5, 5.41) is 0. The van der Waals surface area contributed by atoms with Gasteiger partial charge in [0.05, 0.1) is 6.61 Å². The summed E-state index contributed by atoms with van der Waals surface area (Å²) in [6.07, 6.45) is 2.49. The predicted molar refractivity (Wildman–Crippen MR) is 52.6 cm³/mol. The minimum atomic E-state index is 0.281. The van der Waals surface area contributed by atoms with Crippen LogP contribution in [0, 0.1) is 11.3 Å². The van der Waals surface area contributed by atoms with E-state index in [-0.39, 0.29) is 5.41 Å². The van der Waals surface area contributed by atoms with Crippen molar-refractivity contribution in [1.82, 2.24) is 0 Å². The molecule has 0 aromatic carbocycles. The Morgan fingerprint density at radius 2 is 2.23 bits per heavy atom. The van der Waals surface area contributed by atoms with Crippen molar-refractivity contribution in [1.29, 1.82) is 0 Å². The molecule has 0 aliphatic heterocycles. The summed E-state index contributed by atoms with van der Waals surface area (Å²) in [5.74, 6) is 0.831. The van der Waals surface area contributed by atoms with E-state index in [0.717, 1.165) is 26.1 Å². The molecule has 2 heteroatoms. The molecule has 0 aromatic heterocycles. The van der Waals surface area contributed by atoms with Gasteiger partial charge in [0, 0.05) is 19.4 Å². The molecular weight excluding hydrogens is 164 g/mol. The molecule has 0 N–H and O–H groups in total. The molecule has 1 aliphatic carbocycles. The number of hydrogen-bond donors (Lipinski definition) is 0. The summed E-state index contributed by atoms with van der Waals surface area (Å²) < 4.78 is 5.40. The minimum Gasteiger partial charge on any atom is -0.381 e. The monoisotopic (exact) mass is 184 g/mol. The Bertz CT molecular complexity index is 185. The first kappa shape index (κ1) is 10.7. The van der Waals surface area contributed by atoms with E-state index in [2.05, 4.69) is 13.8 Å². The molecule has 1 atom stereocenters. The number of carbonyl (C=O) groups excluding carboxylic acids is 1. The number of hydrogen-bond acceptors (Lipinski definition) is 2. The van der Waals surface area contributed by atoms with Crippen LogP contribution in [0.25, 0.3) is 0 Å². The van der Waals surface area contributed by atoms with Crippen molar-refractivity contribution in [2.75, 3.05) is 13.2 Å². The van der Waals surface area contributed by atoms with E-state index in [1.54, 1.807) is 0 Å². The molecule has 76 valence electrons. The summed E-state index contributed by atoms with van der Waals surface area (Å²) in [5.41, 5.74) is 0.281. The maximum Gasteiger partial charge on any atom is 0.133 e. The van der Waals surface area contributed by atoms with Gasteiger partial charge in [-0.05, 0) is 24.7 Å². The third-order valence-corrected chi connectivity index (χ3v) is 3.15.